The van der Waals surface area contributed by atoms with Gasteiger partial charge in [0.05, 0.1) is 6.26 Å². The lowest BCUT2D eigenvalue weighted by molar-refractivity contribution is -0.132. The second-order valence-electron chi connectivity index (χ2n) is 1.79. The Morgan fingerprint density at radius 1 is 1.70 bits per heavy atom. The fraction of sp³-hybridized carbons (Fsp3) is 0.375. The summed E-state index contributed by atoms with van der Waals surface area (Å²) in [4.78, 5) is 10.5. The van der Waals surface area contributed by atoms with E-state index in [9.17, 15) is 4.79 Å². The number of ether oxygens (including phenoxy) is 1. The van der Waals surface area contributed by atoms with E-state index in [0.29, 0.717) is 0 Å². The van der Waals surface area contributed by atoms with E-state index in [0.717, 1.165) is 19.1 Å². The van der Waals surface area contributed by atoms with Gasteiger partial charge in [0.2, 0.25) is 0 Å². The molecule has 0 spiro atoms. The average molecular weight is 140 g/mol. The molecule has 0 aliphatic rings. The highest BCUT2D eigenvalue weighted by atomic mass is 16.5. The highest BCUT2D eigenvalue weighted by molar-refractivity contribution is 5.82. The molecule has 0 aromatic rings. The molecule has 0 aromatic heterocycles. The molecule has 0 bridgehead atoms. The van der Waals surface area contributed by atoms with Gasteiger partial charge in [-0.15, -0.1) is 0 Å². The van der Waals surface area contributed by atoms with Gasteiger partial charge in [-0.2, -0.15) is 0 Å². The Kier molecular flexibility index (Phi) is 5.44. The number of unbranched alkanes of at least 4 members (excludes halogenated alkanes) is 1. The fourth-order valence-electron chi connectivity index (χ4n) is 0.468. The van der Waals surface area contributed by atoms with Crippen LogP contribution in [0, 0.1) is 0 Å². The Balaban J connectivity index is 3.45. The Morgan fingerprint density at radius 3 is 2.90 bits per heavy atom. The topological polar surface area (TPSA) is 26.3 Å². The number of esters is 1. The lowest BCUT2D eigenvalue weighted by atomic mass is 10.3. The molecule has 2 nitrogen and oxygen atoms in total. The predicted octanol–water partition coefficient (Wildman–Crippen LogP) is 2.03. The molecular weight excluding hydrogens is 128 g/mol. The quantitative estimate of drug-likeness (QED) is 0.339. The molecule has 10 heavy (non-hydrogen) atoms. The number of carbonyl (C=O) groups excluding carboxylic acids is 1. The normalized spacial score (nSPS) is 9.70. The summed E-state index contributed by atoms with van der Waals surface area (Å²) in [6.07, 6.45) is 6.26. The van der Waals surface area contributed by atoms with Crippen molar-refractivity contribution in [1.29, 1.82) is 0 Å². The van der Waals surface area contributed by atoms with Crippen LogP contribution in [0.1, 0.15) is 19.8 Å². The summed E-state index contributed by atoms with van der Waals surface area (Å²) in [5.41, 5.74) is 0. The zero-order chi connectivity index (χ0) is 7.82. The molecule has 0 radical (unpaired) electrons. The molecule has 2 heteroatoms. The maximum absolute atomic E-state index is 10.5. The maximum atomic E-state index is 10.5. The number of hydrogen-bond donors (Lipinski definition) is 0. The lowest BCUT2D eigenvalue weighted by Crippen LogP contribution is -1.92. The molecule has 0 atom stereocenters. The van der Waals surface area contributed by atoms with Gasteiger partial charge in [-0.25, -0.2) is 4.79 Å². The first-order valence-corrected chi connectivity index (χ1v) is 3.29. The molecule has 0 aromatic carbocycles. The van der Waals surface area contributed by atoms with Crippen LogP contribution in [0.25, 0.3) is 0 Å². The standard InChI is InChI=1S/C8H12O2/c1-3-5-6-7-8(9)10-4-2/h4,6-7H,2-3,5H2,1H3/b7-6+. The molecule has 0 fully saturated rings. The first-order chi connectivity index (χ1) is 4.81. The monoisotopic (exact) mass is 140 g/mol. The first-order valence-electron chi connectivity index (χ1n) is 3.29. The van der Waals surface area contributed by atoms with Crippen LogP contribution in [0.15, 0.2) is 25.0 Å². The van der Waals surface area contributed by atoms with Gasteiger partial charge in [-0.1, -0.05) is 26.0 Å². The average Bonchev–Trinajstić information content (AvgIpc) is 1.89. The molecule has 0 saturated carbocycles. The van der Waals surface area contributed by atoms with Crippen LogP contribution in [0.2, 0.25) is 0 Å². The van der Waals surface area contributed by atoms with Crippen molar-refractivity contribution in [1.82, 2.24) is 0 Å². The van der Waals surface area contributed by atoms with Gasteiger partial charge in [-0.3, -0.25) is 0 Å². The SMILES string of the molecule is C=COC(=O)/C=C/CCC. The number of rotatable bonds is 4. The molecule has 0 rings (SSSR count). The Morgan fingerprint density at radius 2 is 2.40 bits per heavy atom. The van der Waals surface area contributed by atoms with Gasteiger partial charge < -0.3 is 4.74 Å². The van der Waals surface area contributed by atoms with E-state index < -0.39 is 0 Å². The van der Waals surface area contributed by atoms with Gasteiger partial charge in [0.1, 0.15) is 0 Å². The Bertz CT molecular complexity index is 136. The van der Waals surface area contributed by atoms with E-state index in [1.54, 1.807) is 6.08 Å². The summed E-state index contributed by atoms with van der Waals surface area (Å²) in [6.45, 7) is 5.30. The molecule has 0 N–H and O–H groups in total. The summed E-state index contributed by atoms with van der Waals surface area (Å²) >= 11 is 0. The molecule has 0 heterocycles. The Hall–Kier alpha value is -1.05. The molecular formula is C8H12O2. The van der Waals surface area contributed by atoms with Crippen LogP contribution in [0.5, 0.6) is 0 Å². The van der Waals surface area contributed by atoms with Crippen molar-refractivity contribution in [3.63, 3.8) is 0 Å². The number of allylic oxidation sites excluding steroid dienone is 1. The third kappa shape index (κ3) is 5.09. The van der Waals surface area contributed by atoms with Crippen LogP contribution >= 0.6 is 0 Å². The highest BCUT2D eigenvalue weighted by Gasteiger charge is 1.88. The van der Waals surface area contributed by atoms with Gasteiger partial charge in [-0.05, 0) is 6.42 Å². The summed E-state index contributed by atoms with van der Waals surface area (Å²) in [5.74, 6) is -0.358. The third-order valence-corrected chi connectivity index (χ3v) is 0.909. The van der Waals surface area contributed by atoms with E-state index in [2.05, 4.69) is 11.3 Å². The van der Waals surface area contributed by atoms with Crippen molar-refractivity contribution in [2.24, 2.45) is 0 Å². The van der Waals surface area contributed by atoms with Gasteiger partial charge in [0, 0.05) is 6.08 Å². The van der Waals surface area contributed by atoms with E-state index in [1.807, 2.05) is 6.92 Å². The zero-order valence-corrected chi connectivity index (χ0v) is 6.17. The van der Waals surface area contributed by atoms with Crippen molar-refractivity contribution >= 4 is 5.97 Å². The molecule has 56 valence electrons. The van der Waals surface area contributed by atoms with Crippen molar-refractivity contribution in [2.45, 2.75) is 19.8 Å². The smallest absolute Gasteiger partial charge is 0.335 e. The largest absolute Gasteiger partial charge is 0.432 e. The minimum Gasteiger partial charge on any atom is -0.432 e. The van der Waals surface area contributed by atoms with E-state index in [1.165, 1.54) is 6.08 Å². The van der Waals surface area contributed by atoms with E-state index in [-0.39, 0.29) is 5.97 Å². The van der Waals surface area contributed by atoms with Gasteiger partial charge in [0.25, 0.3) is 0 Å². The summed E-state index contributed by atoms with van der Waals surface area (Å²) in [6, 6.07) is 0. The summed E-state index contributed by atoms with van der Waals surface area (Å²) < 4.78 is 4.43. The molecule has 0 saturated heterocycles. The molecule has 0 amide bonds. The van der Waals surface area contributed by atoms with E-state index in [4.69, 9.17) is 0 Å². The summed E-state index contributed by atoms with van der Waals surface area (Å²) in [7, 11) is 0. The van der Waals surface area contributed by atoms with Crippen molar-refractivity contribution in [3.05, 3.63) is 25.0 Å². The molecule has 0 aliphatic heterocycles. The minimum atomic E-state index is -0.358. The minimum absolute atomic E-state index is 0.358. The molecule has 0 aliphatic carbocycles. The van der Waals surface area contributed by atoms with Crippen LogP contribution in [-0.2, 0) is 9.53 Å². The van der Waals surface area contributed by atoms with Crippen molar-refractivity contribution in [2.75, 3.05) is 0 Å². The van der Waals surface area contributed by atoms with Crippen LogP contribution < -0.4 is 0 Å². The van der Waals surface area contributed by atoms with Gasteiger partial charge in [0.15, 0.2) is 0 Å². The number of hydrogen-bond acceptors (Lipinski definition) is 2. The predicted molar refractivity (Wildman–Crippen MR) is 40.3 cm³/mol. The maximum Gasteiger partial charge on any atom is 0.335 e. The van der Waals surface area contributed by atoms with E-state index >= 15 is 0 Å². The summed E-state index contributed by atoms with van der Waals surface area (Å²) in [5, 5.41) is 0. The van der Waals surface area contributed by atoms with Crippen molar-refractivity contribution < 1.29 is 9.53 Å². The van der Waals surface area contributed by atoms with Crippen LogP contribution in [-0.4, -0.2) is 5.97 Å². The van der Waals surface area contributed by atoms with Crippen LogP contribution in [0.3, 0.4) is 0 Å². The second-order valence-corrected chi connectivity index (χ2v) is 1.79. The third-order valence-electron chi connectivity index (χ3n) is 0.909. The van der Waals surface area contributed by atoms with Crippen molar-refractivity contribution in [3.8, 4) is 0 Å². The van der Waals surface area contributed by atoms with Gasteiger partial charge >= 0.3 is 5.97 Å². The fourth-order valence-corrected chi connectivity index (χ4v) is 0.468. The first kappa shape index (κ1) is 8.95. The van der Waals surface area contributed by atoms with Crippen LogP contribution in [0.4, 0.5) is 0 Å². The number of carbonyl (C=O) groups is 1. The lowest BCUT2D eigenvalue weighted by Gasteiger charge is -1.88. The zero-order valence-electron chi connectivity index (χ0n) is 6.17. The Labute approximate surface area is 61.2 Å². The second kappa shape index (κ2) is 6.08. The molecule has 0 unspecified atom stereocenters. The highest BCUT2D eigenvalue weighted by Crippen LogP contribution is 1.89.